The van der Waals surface area contributed by atoms with E-state index in [1.807, 2.05) is 13.0 Å². The molecule has 0 aliphatic carbocycles. The van der Waals surface area contributed by atoms with E-state index in [9.17, 15) is 13.6 Å². The van der Waals surface area contributed by atoms with Crippen LogP contribution in [0.4, 0.5) is 13.6 Å². The van der Waals surface area contributed by atoms with Crippen LogP contribution in [0.2, 0.25) is 0 Å². The fraction of sp³-hybridized carbons (Fsp3) is 0.417. The van der Waals surface area contributed by atoms with Crippen molar-refractivity contribution in [3.8, 4) is 0 Å². The van der Waals surface area contributed by atoms with Crippen LogP contribution in [-0.4, -0.2) is 18.6 Å². The molecule has 0 radical (unpaired) electrons. The second-order valence-electron chi connectivity index (χ2n) is 4.20. The predicted molar refractivity (Wildman–Crippen MR) is 58.1 cm³/mol. The minimum atomic E-state index is -3.09. The topological polar surface area (TPSA) is 38.3 Å². The average molecular weight is 241 g/mol. The van der Waals surface area contributed by atoms with Gasteiger partial charge in [0.15, 0.2) is 6.61 Å². The molecule has 0 bridgehead atoms. The Kier molecular flexibility index (Phi) is 2.77. The summed E-state index contributed by atoms with van der Waals surface area (Å²) in [6.07, 6.45) is -0.804. The summed E-state index contributed by atoms with van der Waals surface area (Å²) in [4.78, 5) is 11.1. The molecule has 0 aromatic heterocycles. The van der Waals surface area contributed by atoms with Crippen LogP contribution in [0.3, 0.4) is 0 Å². The Morgan fingerprint density at radius 3 is 2.82 bits per heavy atom. The molecule has 0 saturated carbocycles. The Hall–Kier alpha value is -1.65. The van der Waals surface area contributed by atoms with Gasteiger partial charge in [-0.15, -0.1) is 0 Å². The molecule has 3 nitrogen and oxygen atoms in total. The lowest BCUT2D eigenvalue weighted by atomic mass is 9.93. The molecule has 0 spiro atoms. The summed E-state index contributed by atoms with van der Waals surface area (Å²) in [5.41, 5.74) is 2.12. The molecule has 1 aliphatic rings. The van der Waals surface area contributed by atoms with E-state index < -0.39 is 24.7 Å². The first-order valence-corrected chi connectivity index (χ1v) is 5.29. The number of hydrogen-bond acceptors (Lipinski definition) is 2. The van der Waals surface area contributed by atoms with Crippen molar-refractivity contribution in [2.24, 2.45) is 0 Å². The normalized spacial score (nSPS) is 22.8. The van der Waals surface area contributed by atoms with Crippen molar-refractivity contribution in [2.75, 3.05) is 6.61 Å². The third-order valence-corrected chi connectivity index (χ3v) is 3.04. The smallest absolute Gasteiger partial charge is 0.408 e. The van der Waals surface area contributed by atoms with Crippen molar-refractivity contribution < 1.29 is 18.3 Å². The van der Waals surface area contributed by atoms with E-state index >= 15 is 0 Å². The zero-order chi connectivity index (χ0) is 12.6. The van der Waals surface area contributed by atoms with Crippen LogP contribution < -0.4 is 5.32 Å². The van der Waals surface area contributed by atoms with Gasteiger partial charge < -0.3 is 10.1 Å². The Morgan fingerprint density at radius 2 is 2.12 bits per heavy atom. The molecule has 0 unspecified atom stereocenters. The van der Waals surface area contributed by atoms with Gasteiger partial charge in [-0.05, 0) is 30.5 Å². The van der Waals surface area contributed by atoms with Gasteiger partial charge in [-0.2, -0.15) is 0 Å². The van der Waals surface area contributed by atoms with Crippen molar-refractivity contribution in [1.29, 1.82) is 0 Å². The number of benzene rings is 1. The molecule has 1 N–H and O–H groups in total. The van der Waals surface area contributed by atoms with Crippen molar-refractivity contribution in [3.05, 3.63) is 34.9 Å². The van der Waals surface area contributed by atoms with Crippen LogP contribution in [0.1, 0.15) is 22.7 Å². The Labute approximate surface area is 97.8 Å². The number of carbonyl (C=O) groups excluding carboxylic acids is 1. The van der Waals surface area contributed by atoms with Crippen molar-refractivity contribution in [1.82, 2.24) is 5.32 Å². The SMILES string of the molecule is Cc1cccc([C@H]2NC(=O)OCC2(F)F)c1C. The third-order valence-electron chi connectivity index (χ3n) is 3.04. The summed E-state index contributed by atoms with van der Waals surface area (Å²) in [6, 6.07) is 3.84. The molecular weight excluding hydrogens is 228 g/mol. The highest BCUT2D eigenvalue weighted by atomic mass is 19.3. The van der Waals surface area contributed by atoms with Gasteiger partial charge in [0.1, 0.15) is 6.04 Å². The number of carbonyl (C=O) groups is 1. The number of halogens is 2. The lowest BCUT2D eigenvalue weighted by Gasteiger charge is -2.32. The summed E-state index contributed by atoms with van der Waals surface area (Å²) in [5, 5.41) is 2.18. The number of cyclic esters (lactones) is 1. The largest absolute Gasteiger partial charge is 0.443 e. The van der Waals surface area contributed by atoms with E-state index in [-0.39, 0.29) is 0 Å². The number of ether oxygens (including phenoxy) is 1. The first-order valence-electron chi connectivity index (χ1n) is 5.29. The number of rotatable bonds is 1. The van der Waals surface area contributed by atoms with Gasteiger partial charge in [-0.25, -0.2) is 13.6 Å². The maximum absolute atomic E-state index is 13.7. The minimum Gasteiger partial charge on any atom is -0.443 e. The molecule has 2 rings (SSSR count). The van der Waals surface area contributed by atoms with Gasteiger partial charge in [0, 0.05) is 0 Å². The molecule has 1 amide bonds. The highest BCUT2D eigenvalue weighted by Gasteiger charge is 2.47. The zero-order valence-electron chi connectivity index (χ0n) is 9.59. The molecule has 1 atom stereocenters. The molecule has 1 aromatic carbocycles. The number of amides is 1. The van der Waals surface area contributed by atoms with E-state index in [2.05, 4.69) is 10.1 Å². The van der Waals surface area contributed by atoms with E-state index in [1.165, 1.54) is 0 Å². The van der Waals surface area contributed by atoms with E-state index in [0.29, 0.717) is 5.56 Å². The fourth-order valence-electron chi connectivity index (χ4n) is 1.90. The summed E-state index contributed by atoms with van der Waals surface area (Å²) in [6.45, 7) is 2.73. The number of nitrogens with one attached hydrogen (secondary N) is 1. The number of alkyl carbamates (subject to hydrolysis) is 1. The van der Waals surface area contributed by atoms with Crippen molar-refractivity contribution in [2.45, 2.75) is 25.8 Å². The molecule has 1 heterocycles. The maximum Gasteiger partial charge on any atom is 0.408 e. The van der Waals surface area contributed by atoms with E-state index in [4.69, 9.17) is 0 Å². The first kappa shape index (κ1) is 11.8. The molecule has 1 aromatic rings. The zero-order valence-corrected chi connectivity index (χ0v) is 9.59. The highest BCUT2D eigenvalue weighted by Crippen LogP contribution is 2.36. The lowest BCUT2D eigenvalue weighted by molar-refractivity contribution is -0.104. The van der Waals surface area contributed by atoms with Gasteiger partial charge >= 0.3 is 12.0 Å². The highest BCUT2D eigenvalue weighted by molar-refractivity contribution is 5.69. The average Bonchev–Trinajstić information content (AvgIpc) is 2.26. The molecule has 1 fully saturated rings. The summed E-state index contributed by atoms with van der Waals surface area (Å²) >= 11 is 0. The summed E-state index contributed by atoms with van der Waals surface area (Å²) in [7, 11) is 0. The third kappa shape index (κ3) is 2.09. The van der Waals surface area contributed by atoms with Crippen LogP contribution in [0.5, 0.6) is 0 Å². The van der Waals surface area contributed by atoms with Crippen LogP contribution in [0, 0.1) is 13.8 Å². The van der Waals surface area contributed by atoms with Crippen molar-refractivity contribution in [3.63, 3.8) is 0 Å². The molecule has 1 aliphatic heterocycles. The second kappa shape index (κ2) is 3.98. The standard InChI is InChI=1S/C12H13F2NO2/c1-7-4-3-5-9(8(7)2)10-12(13,14)6-17-11(16)15-10/h3-5,10H,6H2,1-2H3,(H,15,16)/t10-/m1/s1. The summed E-state index contributed by atoms with van der Waals surface area (Å²) < 4.78 is 31.7. The first-order chi connectivity index (χ1) is 7.92. The quantitative estimate of drug-likeness (QED) is 0.821. The van der Waals surface area contributed by atoms with Gasteiger partial charge in [-0.3, -0.25) is 0 Å². The van der Waals surface area contributed by atoms with Gasteiger partial charge in [0.05, 0.1) is 0 Å². The Balaban J connectivity index is 2.43. The number of aryl methyl sites for hydroxylation is 1. The fourth-order valence-corrected chi connectivity index (χ4v) is 1.90. The Morgan fingerprint density at radius 1 is 1.41 bits per heavy atom. The van der Waals surface area contributed by atoms with Crippen LogP contribution in [0.25, 0.3) is 0 Å². The number of alkyl halides is 2. The van der Waals surface area contributed by atoms with Crippen molar-refractivity contribution >= 4 is 6.09 Å². The molecule has 92 valence electrons. The molecule has 17 heavy (non-hydrogen) atoms. The van der Waals surface area contributed by atoms with Crippen LogP contribution in [-0.2, 0) is 4.74 Å². The maximum atomic E-state index is 13.7. The van der Waals surface area contributed by atoms with E-state index in [1.54, 1.807) is 19.1 Å². The Bertz CT molecular complexity index is 460. The van der Waals surface area contributed by atoms with Gasteiger partial charge in [0.25, 0.3) is 0 Å². The summed E-state index contributed by atoms with van der Waals surface area (Å²) in [5.74, 6) is -3.09. The lowest BCUT2D eigenvalue weighted by Crippen LogP contribution is -2.49. The predicted octanol–water partition coefficient (Wildman–Crippen LogP) is 2.72. The molecule has 5 heteroatoms. The van der Waals surface area contributed by atoms with Gasteiger partial charge in [-0.1, -0.05) is 18.2 Å². The minimum absolute atomic E-state index is 0.437. The molecular formula is C12H13F2NO2. The monoisotopic (exact) mass is 241 g/mol. The molecule has 1 saturated heterocycles. The van der Waals surface area contributed by atoms with E-state index in [0.717, 1.165) is 11.1 Å². The van der Waals surface area contributed by atoms with Gasteiger partial charge in [0.2, 0.25) is 0 Å². The second-order valence-corrected chi connectivity index (χ2v) is 4.20. The van der Waals surface area contributed by atoms with Crippen LogP contribution in [0.15, 0.2) is 18.2 Å². The number of hydrogen-bond donors (Lipinski definition) is 1. The van der Waals surface area contributed by atoms with Crippen LogP contribution >= 0.6 is 0 Å².